The molecule has 0 fully saturated rings. The van der Waals surface area contributed by atoms with Crippen molar-refractivity contribution in [3.8, 4) is 22.3 Å². The minimum absolute atomic E-state index is 0. The molecule has 7 heteroatoms. The summed E-state index contributed by atoms with van der Waals surface area (Å²) in [5, 5.41) is 14.4. The summed E-state index contributed by atoms with van der Waals surface area (Å²) in [6, 6.07) is 24.0. The first-order valence-electron chi connectivity index (χ1n) is 10.6. The van der Waals surface area contributed by atoms with E-state index in [0.717, 1.165) is 33.0 Å². The number of benzene rings is 3. The molecule has 3 aromatic carbocycles. The summed E-state index contributed by atoms with van der Waals surface area (Å²) in [7, 11) is 0. The minimum atomic E-state index is -1.13. The van der Waals surface area contributed by atoms with Crippen molar-refractivity contribution < 1.29 is 14.7 Å². The zero-order valence-electron chi connectivity index (χ0n) is 18.0. The van der Waals surface area contributed by atoms with Gasteiger partial charge in [0.2, 0.25) is 0 Å². The van der Waals surface area contributed by atoms with Gasteiger partial charge in [-0.1, -0.05) is 60.7 Å². The molecule has 5 rings (SSSR count). The van der Waals surface area contributed by atoms with Crippen LogP contribution < -0.4 is 5.32 Å². The third-order valence-electron chi connectivity index (χ3n) is 5.58. The summed E-state index contributed by atoms with van der Waals surface area (Å²) >= 11 is 0. The second-order valence-electron chi connectivity index (χ2n) is 7.76. The number of carbonyl (C=O) groups is 2. The number of pyridine rings is 2. The van der Waals surface area contributed by atoms with E-state index in [2.05, 4.69) is 15.3 Å². The summed E-state index contributed by atoms with van der Waals surface area (Å²) in [5.74, 6) is -1.57. The van der Waals surface area contributed by atoms with E-state index in [1.807, 2.05) is 54.6 Å². The Hall–Kier alpha value is -3.84. The first-order chi connectivity index (χ1) is 16.6. The number of anilines is 1. The van der Waals surface area contributed by atoms with Crippen molar-refractivity contribution in [3.63, 3.8) is 0 Å². The molecule has 1 amide bonds. The molecule has 0 bridgehead atoms. The molecular weight excluding hydrogens is 449 g/mol. The molecule has 166 valence electrons. The van der Waals surface area contributed by atoms with Crippen LogP contribution in [0.3, 0.4) is 0 Å². The quantitative estimate of drug-likeness (QED) is 0.342. The van der Waals surface area contributed by atoms with Gasteiger partial charge in [0.1, 0.15) is 0 Å². The number of nitrogens with zero attached hydrogens (tertiary/aromatic N) is 2. The summed E-state index contributed by atoms with van der Waals surface area (Å²) in [6.07, 6.45) is 6.65. The second-order valence-corrected chi connectivity index (χ2v) is 7.76. The van der Waals surface area contributed by atoms with Crippen LogP contribution in [-0.4, -0.2) is 56.5 Å². The third kappa shape index (κ3) is 5.15. The number of fused-ring (bicyclic) bond motifs is 1. The molecule has 0 unspecified atom stereocenters. The molecule has 2 N–H and O–H groups in total. The van der Waals surface area contributed by atoms with Gasteiger partial charge in [-0.2, -0.15) is 0 Å². The zero-order valence-corrected chi connectivity index (χ0v) is 18.0. The predicted octanol–water partition coefficient (Wildman–Crippen LogP) is 5.27. The van der Waals surface area contributed by atoms with Crippen LogP contribution in [0.15, 0.2) is 104 Å². The Kier molecular flexibility index (Phi) is 7.36. The summed E-state index contributed by atoms with van der Waals surface area (Å²) in [5.41, 5.74) is 3.85. The number of aromatic carboxylic acids is 1. The molecule has 2 aromatic heterocycles. The first kappa shape index (κ1) is 24.3. The van der Waals surface area contributed by atoms with Gasteiger partial charge in [0.25, 0.3) is 5.91 Å². The monoisotopic (exact) mass is 469 g/mol. The molecule has 0 aliphatic rings. The average Bonchev–Trinajstić information content (AvgIpc) is 2.88. The number of carboxylic acid groups (broad SMARTS) is 1. The van der Waals surface area contributed by atoms with Crippen molar-refractivity contribution in [2.75, 3.05) is 5.32 Å². The van der Waals surface area contributed by atoms with E-state index < -0.39 is 11.9 Å². The van der Waals surface area contributed by atoms with Crippen molar-refractivity contribution >= 4 is 57.9 Å². The molecule has 0 aliphatic heterocycles. The van der Waals surface area contributed by atoms with Gasteiger partial charge < -0.3 is 10.4 Å². The van der Waals surface area contributed by atoms with Gasteiger partial charge in [-0.05, 0) is 34.7 Å². The van der Waals surface area contributed by atoms with Crippen molar-refractivity contribution in [2.45, 2.75) is 0 Å². The van der Waals surface area contributed by atoms with Crippen molar-refractivity contribution in [1.82, 2.24) is 9.97 Å². The molecule has 0 atom stereocenters. The number of rotatable bonds is 5. The van der Waals surface area contributed by atoms with Gasteiger partial charge in [-0.3, -0.25) is 14.8 Å². The molecule has 0 saturated heterocycles. The van der Waals surface area contributed by atoms with E-state index in [4.69, 9.17) is 0 Å². The summed E-state index contributed by atoms with van der Waals surface area (Å²) < 4.78 is 0. The van der Waals surface area contributed by atoms with Gasteiger partial charge >= 0.3 is 35.5 Å². The van der Waals surface area contributed by atoms with Crippen LogP contribution in [0.1, 0.15) is 20.7 Å². The van der Waals surface area contributed by atoms with Crippen LogP contribution in [0.5, 0.6) is 0 Å². The Bertz CT molecular complexity index is 1530. The summed E-state index contributed by atoms with van der Waals surface area (Å²) in [6.45, 7) is 0. The number of carboxylic acids is 1. The predicted molar refractivity (Wildman–Crippen MR) is 139 cm³/mol. The van der Waals surface area contributed by atoms with E-state index in [9.17, 15) is 14.7 Å². The fourth-order valence-corrected chi connectivity index (χ4v) is 3.90. The zero-order chi connectivity index (χ0) is 23.5. The Morgan fingerprint density at radius 2 is 1.46 bits per heavy atom. The van der Waals surface area contributed by atoms with E-state index in [0.29, 0.717) is 5.56 Å². The second kappa shape index (κ2) is 10.6. The molecule has 5 aromatic rings. The van der Waals surface area contributed by atoms with Crippen molar-refractivity contribution in [3.05, 3.63) is 115 Å². The Morgan fingerprint density at radius 1 is 0.714 bits per heavy atom. The number of carbonyl (C=O) groups excluding carboxylic acids is 1. The van der Waals surface area contributed by atoms with Gasteiger partial charge in [0.05, 0.1) is 16.8 Å². The number of aromatic nitrogens is 2. The Labute approximate surface area is 224 Å². The molecule has 0 aliphatic carbocycles. The fraction of sp³-hybridized carbons (Fsp3) is 0. The van der Waals surface area contributed by atoms with Gasteiger partial charge in [-0.15, -0.1) is 0 Å². The molecular formula is C28H20N3NaO3. The van der Waals surface area contributed by atoms with E-state index in [-0.39, 0.29) is 40.8 Å². The van der Waals surface area contributed by atoms with Gasteiger partial charge in [-0.25, -0.2) is 4.79 Å². The maximum atomic E-state index is 13.1. The van der Waals surface area contributed by atoms with Gasteiger partial charge in [0.15, 0.2) is 0 Å². The SMILES string of the molecule is O=C(Nc1cc(-c2cncc3ccccc23)ccc1C(=O)O)c1cncc(-c2ccccc2)c1.[NaH]. The van der Waals surface area contributed by atoms with Crippen LogP contribution >= 0.6 is 0 Å². The number of amides is 1. The molecule has 35 heavy (non-hydrogen) atoms. The molecule has 0 spiro atoms. The third-order valence-corrected chi connectivity index (χ3v) is 5.58. The van der Waals surface area contributed by atoms with Crippen LogP contribution in [0.4, 0.5) is 5.69 Å². The van der Waals surface area contributed by atoms with Crippen molar-refractivity contribution in [2.24, 2.45) is 0 Å². The molecule has 0 radical (unpaired) electrons. The standard InChI is InChI=1S/C28H19N3O3.Na.H/c32-27(22-12-21(15-29-16-22)18-6-2-1-3-7-18)31-26-13-19(10-11-24(26)28(33)34)25-17-30-14-20-8-4-5-9-23(20)25;;/h1-17H,(H,31,32)(H,33,34);;. The molecule has 0 saturated carbocycles. The van der Waals surface area contributed by atoms with Crippen molar-refractivity contribution in [1.29, 1.82) is 0 Å². The topological polar surface area (TPSA) is 92.2 Å². The van der Waals surface area contributed by atoms with Crippen LogP contribution in [0.2, 0.25) is 0 Å². The van der Waals surface area contributed by atoms with Crippen LogP contribution in [0, 0.1) is 0 Å². The number of hydrogen-bond acceptors (Lipinski definition) is 4. The average molecular weight is 469 g/mol. The van der Waals surface area contributed by atoms with Crippen LogP contribution in [0.25, 0.3) is 33.0 Å². The van der Waals surface area contributed by atoms with Crippen LogP contribution in [-0.2, 0) is 0 Å². The van der Waals surface area contributed by atoms with E-state index >= 15 is 0 Å². The Balaban J connectivity index is 0.00000289. The number of hydrogen-bond donors (Lipinski definition) is 2. The molecule has 2 heterocycles. The Morgan fingerprint density at radius 3 is 2.26 bits per heavy atom. The van der Waals surface area contributed by atoms with Gasteiger partial charge in [0, 0.05) is 41.3 Å². The first-order valence-corrected chi connectivity index (χ1v) is 10.6. The van der Waals surface area contributed by atoms with E-state index in [1.54, 1.807) is 36.8 Å². The molecule has 6 nitrogen and oxygen atoms in total. The normalized spacial score (nSPS) is 10.4. The maximum absolute atomic E-state index is 13.1. The summed E-state index contributed by atoms with van der Waals surface area (Å²) in [4.78, 5) is 33.4. The number of nitrogens with one attached hydrogen (secondary N) is 1. The van der Waals surface area contributed by atoms with E-state index in [1.165, 1.54) is 12.3 Å². The fourth-order valence-electron chi connectivity index (χ4n) is 3.90.